The van der Waals surface area contributed by atoms with E-state index in [9.17, 15) is 0 Å². The molecule has 0 aliphatic carbocycles. The number of benzene rings is 1. The molecule has 1 aromatic heterocycles. The molecule has 2 nitrogen and oxygen atoms in total. The summed E-state index contributed by atoms with van der Waals surface area (Å²) >= 11 is 6.06. The molecule has 0 aliphatic rings. The van der Waals surface area contributed by atoms with Gasteiger partial charge in [0.25, 0.3) is 0 Å². The highest BCUT2D eigenvalue weighted by molar-refractivity contribution is 6.31. The topological polar surface area (TPSA) is 17.8 Å². The number of nitrogens with zero attached hydrogens (tertiary/aromatic N) is 2. The van der Waals surface area contributed by atoms with E-state index < -0.39 is 0 Å². The molecular weight excluding hydrogens is 196 g/mol. The van der Waals surface area contributed by atoms with E-state index in [0.29, 0.717) is 0 Å². The van der Waals surface area contributed by atoms with Crippen molar-refractivity contribution in [2.75, 3.05) is 0 Å². The Morgan fingerprint density at radius 2 is 2.14 bits per heavy atom. The van der Waals surface area contributed by atoms with Crippen molar-refractivity contribution in [1.82, 2.24) is 9.55 Å². The van der Waals surface area contributed by atoms with E-state index in [1.165, 1.54) is 0 Å². The minimum atomic E-state index is 0.783. The van der Waals surface area contributed by atoms with E-state index in [2.05, 4.69) is 9.55 Å². The quantitative estimate of drug-likeness (QED) is 0.739. The molecule has 1 heterocycles. The Kier molecular flexibility index (Phi) is 2.55. The predicted molar refractivity (Wildman–Crippen MR) is 57.5 cm³/mol. The molecule has 0 N–H and O–H groups in total. The molecule has 0 aliphatic heterocycles. The van der Waals surface area contributed by atoms with Crippen LogP contribution in [0.1, 0.15) is 11.4 Å². The number of rotatable bonds is 2. The average Bonchev–Trinajstić information content (AvgIpc) is 2.56. The summed E-state index contributed by atoms with van der Waals surface area (Å²) in [5, 5.41) is 0.806. The summed E-state index contributed by atoms with van der Waals surface area (Å²) in [6.07, 6.45) is 3.75. The summed E-state index contributed by atoms with van der Waals surface area (Å²) in [7, 11) is 0. The van der Waals surface area contributed by atoms with E-state index in [-0.39, 0.29) is 0 Å². The largest absolute Gasteiger partial charge is 0.331 e. The number of aryl methyl sites for hydroxylation is 1. The molecule has 0 saturated carbocycles. The first-order valence-corrected chi connectivity index (χ1v) is 4.86. The zero-order valence-corrected chi connectivity index (χ0v) is 8.70. The van der Waals surface area contributed by atoms with Gasteiger partial charge in [0.2, 0.25) is 0 Å². The monoisotopic (exact) mass is 206 g/mol. The van der Waals surface area contributed by atoms with Crippen LogP contribution in [0.2, 0.25) is 5.02 Å². The van der Waals surface area contributed by atoms with Gasteiger partial charge >= 0.3 is 0 Å². The smallest absolute Gasteiger partial charge is 0.105 e. The Labute approximate surface area is 88.2 Å². The molecule has 2 aromatic rings. The van der Waals surface area contributed by atoms with E-state index in [0.717, 1.165) is 23.0 Å². The number of aromatic nitrogens is 2. The van der Waals surface area contributed by atoms with Crippen LogP contribution in [0.5, 0.6) is 0 Å². The average molecular weight is 207 g/mol. The maximum atomic E-state index is 6.06. The zero-order chi connectivity index (χ0) is 9.97. The van der Waals surface area contributed by atoms with Crippen LogP contribution in [-0.2, 0) is 6.54 Å². The fourth-order valence-electron chi connectivity index (χ4n) is 1.38. The van der Waals surface area contributed by atoms with Gasteiger partial charge in [-0.15, -0.1) is 0 Å². The second-order valence-corrected chi connectivity index (χ2v) is 3.60. The maximum absolute atomic E-state index is 6.06. The van der Waals surface area contributed by atoms with Gasteiger partial charge < -0.3 is 4.57 Å². The molecule has 0 unspecified atom stereocenters. The normalized spacial score (nSPS) is 10.4. The standard InChI is InChI=1S/C11H11ClN2/c1-9-13-6-7-14(9)8-10-4-2-3-5-11(10)12/h2-7H,8H2,1H3. The fourth-order valence-corrected chi connectivity index (χ4v) is 1.58. The van der Waals surface area contributed by atoms with E-state index in [1.807, 2.05) is 37.4 Å². The third-order valence-electron chi connectivity index (χ3n) is 2.22. The van der Waals surface area contributed by atoms with Gasteiger partial charge in [-0.3, -0.25) is 0 Å². The van der Waals surface area contributed by atoms with Crippen molar-refractivity contribution in [3.63, 3.8) is 0 Å². The van der Waals surface area contributed by atoms with Crippen LogP contribution < -0.4 is 0 Å². The third-order valence-corrected chi connectivity index (χ3v) is 2.59. The van der Waals surface area contributed by atoms with Gasteiger partial charge in [-0.25, -0.2) is 4.98 Å². The van der Waals surface area contributed by atoms with Gasteiger partial charge in [0, 0.05) is 17.4 Å². The molecule has 1 aromatic carbocycles. The van der Waals surface area contributed by atoms with E-state index in [1.54, 1.807) is 6.20 Å². The van der Waals surface area contributed by atoms with Crippen molar-refractivity contribution in [2.24, 2.45) is 0 Å². The Hall–Kier alpha value is -1.28. The van der Waals surface area contributed by atoms with Crippen LogP contribution in [0.15, 0.2) is 36.7 Å². The molecule has 0 radical (unpaired) electrons. The summed E-state index contributed by atoms with van der Waals surface area (Å²) in [6.45, 7) is 2.77. The molecule has 72 valence electrons. The first-order chi connectivity index (χ1) is 6.77. The minimum Gasteiger partial charge on any atom is -0.331 e. The lowest BCUT2D eigenvalue weighted by Crippen LogP contribution is -2.00. The minimum absolute atomic E-state index is 0.783. The van der Waals surface area contributed by atoms with Crippen molar-refractivity contribution in [2.45, 2.75) is 13.5 Å². The molecule has 3 heteroatoms. The van der Waals surface area contributed by atoms with Crippen LogP contribution in [-0.4, -0.2) is 9.55 Å². The van der Waals surface area contributed by atoms with Gasteiger partial charge in [-0.1, -0.05) is 29.8 Å². The Balaban J connectivity index is 2.28. The van der Waals surface area contributed by atoms with E-state index >= 15 is 0 Å². The lowest BCUT2D eigenvalue weighted by molar-refractivity contribution is 0.762. The van der Waals surface area contributed by atoms with Crippen molar-refractivity contribution in [3.05, 3.63) is 53.1 Å². The van der Waals surface area contributed by atoms with Crippen molar-refractivity contribution in [3.8, 4) is 0 Å². The number of hydrogen-bond donors (Lipinski definition) is 0. The van der Waals surface area contributed by atoms with Gasteiger partial charge in [-0.05, 0) is 18.6 Å². The second kappa shape index (κ2) is 3.84. The van der Waals surface area contributed by atoms with Crippen LogP contribution in [0.3, 0.4) is 0 Å². The zero-order valence-electron chi connectivity index (χ0n) is 7.94. The van der Waals surface area contributed by atoms with E-state index in [4.69, 9.17) is 11.6 Å². The SMILES string of the molecule is Cc1nccn1Cc1ccccc1Cl. The highest BCUT2D eigenvalue weighted by Gasteiger charge is 2.01. The molecule has 0 atom stereocenters. The number of imidazole rings is 1. The van der Waals surface area contributed by atoms with Crippen LogP contribution in [0.25, 0.3) is 0 Å². The molecule has 0 spiro atoms. The van der Waals surface area contributed by atoms with Crippen molar-refractivity contribution in [1.29, 1.82) is 0 Å². The van der Waals surface area contributed by atoms with Crippen molar-refractivity contribution < 1.29 is 0 Å². The molecule has 0 fully saturated rings. The molecule has 0 bridgehead atoms. The summed E-state index contributed by atoms with van der Waals surface area (Å²) in [4.78, 5) is 4.16. The second-order valence-electron chi connectivity index (χ2n) is 3.19. The first-order valence-electron chi connectivity index (χ1n) is 4.48. The Morgan fingerprint density at radius 1 is 1.36 bits per heavy atom. The summed E-state index contributed by atoms with van der Waals surface area (Å²) in [6, 6.07) is 7.87. The number of hydrogen-bond acceptors (Lipinski definition) is 1. The summed E-state index contributed by atoms with van der Waals surface area (Å²) in [5.41, 5.74) is 1.12. The first kappa shape index (κ1) is 9.28. The van der Waals surface area contributed by atoms with Crippen molar-refractivity contribution >= 4 is 11.6 Å². The highest BCUT2D eigenvalue weighted by atomic mass is 35.5. The maximum Gasteiger partial charge on any atom is 0.105 e. The predicted octanol–water partition coefficient (Wildman–Crippen LogP) is 2.89. The summed E-state index contributed by atoms with van der Waals surface area (Å²) in [5.74, 6) is 1.00. The van der Waals surface area contributed by atoms with Crippen LogP contribution in [0, 0.1) is 6.92 Å². The van der Waals surface area contributed by atoms with Crippen LogP contribution in [0.4, 0.5) is 0 Å². The van der Waals surface area contributed by atoms with Gasteiger partial charge in [-0.2, -0.15) is 0 Å². The van der Waals surface area contributed by atoms with Gasteiger partial charge in [0.15, 0.2) is 0 Å². The third kappa shape index (κ3) is 1.80. The molecule has 0 saturated heterocycles. The molecular formula is C11H11ClN2. The fraction of sp³-hybridized carbons (Fsp3) is 0.182. The molecule has 0 amide bonds. The summed E-state index contributed by atoms with van der Waals surface area (Å²) < 4.78 is 2.07. The van der Waals surface area contributed by atoms with Gasteiger partial charge in [0.05, 0.1) is 6.54 Å². The number of halogens is 1. The van der Waals surface area contributed by atoms with Gasteiger partial charge in [0.1, 0.15) is 5.82 Å². The lowest BCUT2D eigenvalue weighted by Gasteiger charge is -2.06. The Bertz CT molecular complexity index is 434. The molecule has 2 rings (SSSR count). The molecule has 14 heavy (non-hydrogen) atoms. The Morgan fingerprint density at radius 3 is 2.79 bits per heavy atom. The highest BCUT2D eigenvalue weighted by Crippen LogP contribution is 2.16. The van der Waals surface area contributed by atoms with Crippen LogP contribution >= 0.6 is 11.6 Å². The lowest BCUT2D eigenvalue weighted by atomic mass is 10.2.